The largest absolute Gasteiger partial charge is 0.383 e. The summed E-state index contributed by atoms with van der Waals surface area (Å²) in [5, 5.41) is 3.70. The van der Waals surface area contributed by atoms with Gasteiger partial charge in [-0.1, -0.05) is 0 Å². The molecule has 3 nitrogen and oxygen atoms in total. The van der Waals surface area contributed by atoms with Crippen molar-refractivity contribution in [2.75, 3.05) is 20.3 Å². The van der Waals surface area contributed by atoms with Gasteiger partial charge in [0.1, 0.15) is 0 Å². The van der Waals surface area contributed by atoms with Gasteiger partial charge in [-0.25, -0.2) is 0 Å². The quantitative estimate of drug-likeness (QED) is 0.744. The van der Waals surface area contributed by atoms with E-state index in [0.717, 1.165) is 25.0 Å². The first-order chi connectivity index (χ1) is 7.86. The zero-order valence-corrected chi connectivity index (χ0v) is 10.2. The third-order valence-corrected chi connectivity index (χ3v) is 4.41. The maximum Gasteiger partial charge on any atom is 0.0621 e. The minimum Gasteiger partial charge on any atom is -0.383 e. The Kier molecular flexibility index (Phi) is 3.18. The van der Waals surface area contributed by atoms with Gasteiger partial charge < -0.3 is 14.8 Å². The van der Waals surface area contributed by atoms with Crippen molar-refractivity contribution in [2.24, 2.45) is 11.8 Å². The van der Waals surface area contributed by atoms with Crippen LogP contribution in [0.3, 0.4) is 0 Å². The van der Waals surface area contributed by atoms with Crippen LogP contribution in [0.25, 0.3) is 0 Å². The van der Waals surface area contributed by atoms with Crippen molar-refractivity contribution in [2.45, 2.75) is 50.4 Å². The fourth-order valence-corrected chi connectivity index (χ4v) is 3.30. The molecule has 3 heteroatoms. The van der Waals surface area contributed by atoms with Gasteiger partial charge >= 0.3 is 0 Å². The SMILES string of the molecule is COCC(NCC1CC2CCC1O2)C1CC1. The number of hydrogen-bond acceptors (Lipinski definition) is 3. The van der Waals surface area contributed by atoms with Crippen molar-refractivity contribution >= 4 is 0 Å². The van der Waals surface area contributed by atoms with Crippen LogP contribution in [0.1, 0.15) is 32.1 Å². The van der Waals surface area contributed by atoms with Gasteiger partial charge in [-0.05, 0) is 38.0 Å². The lowest BCUT2D eigenvalue weighted by Crippen LogP contribution is -2.40. The van der Waals surface area contributed by atoms with Crippen molar-refractivity contribution in [1.29, 1.82) is 0 Å². The Labute approximate surface area is 97.9 Å². The fraction of sp³-hybridized carbons (Fsp3) is 1.00. The molecule has 3 aliphatic rings. The Balaban J connectivity index is 1.44. The molecule has 1 saturated carbocycles. The molecule has 3 fully saturated rings. The van der Waals surface area contributed by atoms with Crippen LogP contribution in [0.2, 0.25) is 0 Å². The van der Waals surface area contributed by atoms with Crippen LogP contribution < -0.4 is 5.32 Å². The summed E-state index contributed by atoms with van der Waals surface area (Å²) in [6.45, 7) is 2.00. The van der Waals surface area contributed by atoms with E-state index in [4.69, 9.17) is 9.47 Å². The van der Waals surface area contributed by atoms with Crippen molar-refractivity contribution in [3.63, 3.8) is 0 Å². The minimum atomic E-state index is 0.555. The third kappa shape index (κ3) is 2.27. The molecule has 1 aliphatic carbocycles. The molecule has 0 aromatic carbocycles. The minimum absolute atomic E-state index is 0.555. The third-order valence-electron chi connectivity index (χ3n) is 4.41. The number of fused-ring (bicyclic) bond motifs is 2. The topological polar surface area (TPSA) is 30.5 Å². The highest BCUT2D eigenvalue weighted by atomic mass is 16.5. The van der Waals surface area contributed by atoms with E-state index in [1.807, 2.05) is 0 Å². The highest BCUT2D eigenvalue weighted by Crippen LogP contribution is 2.39. The van der Waals surface area contributed by atoms with Crippen molar-refractivity contribution in [3.8, 4) is 0 Å². The maximum atomic E-state index is 5.88. The van der Waals surface area contributed by atoms with Crippen LogP contribution in [-0.4, -0.2) is 38.5 Å². The van der Waals surface area contributed by atoms with E-state index in [2.05, 4.69) is 5.32 Å². The van der Waals surface area contributed by atoms with Crippen LogP contribution in [0, 0.1) is 11.8 Å². The Morgan fingerprint density at radius 3 is 2.75 bits per heavy atom. The van der Waals surface area contributed by atoms with E-state index < -0.39 is 0 Å². The summed E-state index contributed by atoms with van der Waals surface area (Å²) in [5.41, 5.74) is 0. The summed E-state index contributed by atoms with van der Waals surface area (Å²) in [6.07, 6.45) is 7.77. The molecule has 4 atom stereocenters. The van der Waals surface area contributed by atoms with Crippen molar-refractivity contribution in [1.82, 2.24) is 5.32 Å². The number of methoxy groups -OCH3 is 1. The predicted molar refractivity (Wildman–Crippen MR) is 62.4 cm³/mol. The molecule has 0 amide bonds. The molecule has 0 aromatic heterocycles. The molecule has 92 valence electrons. The first-order valence-corrected chi connectivity index (χ1v) is 6.74. The Morgan fingerprint density at radius 2 is 2.19 bits per heavy atom. The average Bonchev–Trinajstić information content (AvgIpc) is 2.93. The standard InChI is InChI=1S/C13H23NO2/c1-15-8-12(9-2-3-9)14-7-10-6-11-4-5-13(10)16-11/h9-14H,2-8H2,1H3. The van der Waals surface area contributed by atoms with Gasteiger partial charge in [-0.2, -0.15) is 0 Å². The number of hydrogen-bond donors (Lipinski definition) is 1. The smallest absolute Gasteiger partial charge is 0.0621 e. The second-order valence-corrected chi connectivity index (χ2v) is 5.68. The number of ether oxygens (including phenoxy) is 2. The van der Waals surface area contributed by atoms with Crippen LogP contribution in [-0.2, 0) is 9.47 Å². The van der Waals surface area contributed by atoms with E-state index in [0.29, 0.717) is 18.2 Å². The van der Waals surface area contributed by atoms with Crippen molar-refractivity contribution < 1.29 is 9.47 Å². The second kappa shape index (κ2) is 4.63. The molecule has 0 aromatic rings. The summed E-state index contributed by atoms with van der Waals surface area (Å²) in [7, 11) is 1.80. The monoisotopic (exact) mass is 225 g/mol. The lowest BCUT2D eigenvalue weighted by Gasteiger charge is -2.23. The zero-order chi connectivity index (χ0) is 11.0. The molecule has 2 saturated heterocycles. The summed E-state index contributed by atoms with van der Waals surface area (Å²) in [5.74, 6) is 1.64. The van der Waals surface area contributed by atoms with Gasteiger partial charge in [0, 0.05) is 25.6 Å². The zero-order valence-electron chi connectivity index (χ0n) is 10.2. The Morgan fingerprint density at radius 1 is 1.31 bits per heavy atom. The van der Waals surface area contributed by atoms with Gasteiger partial charge in [0.15, 0.2) is 0 Å². The van der Waals surface area contributed by atoms with E-state index in [-0.39, 0.29) is 0 Å². The predicted octanol–water partition coefficient (Wildman–Crippen LogP) is 1.57. The highest BCUT2D eigenvalue weighted by Gasteiger charge is 2.41. The summed E-state index contributed by atoms with van der Waals surface area (Å²) >= 11 is 0. The molecule has 2 aliphatic heterocycles. The Hall–Kier alpha value is -0.120. The van der Waals surface area contributed by atoms with Crippen LogP contribution >= 0.6 is 0 Å². The summed E-state index contributed by atoms with van der Waals surface area (Å²) in [6, 6.07) is 0.587. The molecule has 0 radical (unpaired) electrons. The average molecular weight is 225 g/mol. The molecule has 1 N–H and O–H groups in total. The molecule has 0 spiro atoms. The molecule has 4 unspecified atom stereocenters. The lowest BCUT2D eigenvalue weighted by molar-refractivity contribution is 0.0902. The molecular formula is C13H23NO2. The van der Waals surface area contributed by atoms with E-state index in [1.54, 1.807) is 7.11 Å². The van der Waals surface area contributed by atoms with Gasteiger partial charge in [0.25, 0.3) is 0 Å². The van der Waals surface area contributed by atoms with Gasteiger partial charge in [-0.15, -0.1) is 0 Å². The molecule has 2 heterocycles. The van der Waals surface area contributed by atoms with Crippen LogP contribution in [0.5, 0.6) is 0 Å². The van der Waals surface area contributed by atoms with E-state index in [9.17, 15) is 0 Å². The summed E-state index contributed by atoms with van der Waals surface area (Å²) < 4.78 is 11.2. The molecule has 16 heavy (non-hydrogen) atoms. The van der Waals surface area contributed by atoms with Crippen LogP contribution in [0.4, 0.5) is 0 Å². The van der Waals surface area contributed by atoms with Crippen molar-refractivity contribution in [3.05, 3.63) is 0 Å². The number of rotatable bonds is 6. The molecule has 2 bridgehead atoms. The van der Waals surface area contributed by atoms with Crippen LogP contribution in [0.15, 0.2) is 0 Å². The van der Waals surface area contributed by atoms with E-state index in [1.165, 1.54) is 32.1 Å². The second-order valence-electron chi connectivity index (χ2n) is 5.68. The first kappa shape index (κ1) is 11.0. The van der Waals surface area contributed by atoms with Gasteiger partial charge in [0.2, 0.25) is 0 Å². The normalized spacial score (nSPS) is 39.2. The van der Waals surface area contributed by atoms with Gasteiger partial charge in [-0.3, -0.25) is 0 Å². The molecule has 3 rings (SSSR count). The highest BCUT2D eigenvalue weighted by molar-refractivity contribution is 4.92. The molecular weight excluding hydrogens is 202 g/mol. The van der Waals surface area contributed by atoms with E-state index >= 15 is 0 Å². The number of nitrogens with one attached hydrogen (secondary N) is 1. The Bertz CT molecular complexity index is 240. The lowest BCUT2D eigenvalue weighted by atomic mass is 9.89. The maximum absolute atomic E-state index is 5.88. The fourth-order valence-electron chi connectivity index (χ4n) is 3.30. The first-order valence-electron chi connectivity index (χ1n) is 6.74. The summed E-state index contributed by atoms with van der Waals surface area (Å²) in [4.78, 5) is 0. The van der Waals surface area contributed by atoms with Gasteiger partial charge in [0.05, 0.1) is 18.8 Å².